The van der Waals surface area contributed by atoms with Crippen LogP contribution in [-0.2, 0) is 16.1 Å². The minimum atomic E-state index is -0.980. The molecule has 0 aliphatic heterocycles. The van der Waals surface area contributed by atoms with E-state index in [-0.39, 0.29) is 6.61 Å². The van der Waals surface area contributed by atoms with Crippen molar-refractivity contribution in [3.05, 3.63) is 101 Å². The first-order chi connectivity index (χ1) is 16.2. The van der Waals surface area contributed by atoms with Crippen LogP contribution in [0.2, 0.25) is 0 Å². The minimum absolute atomic E-state index is 0.340. The first-order valence-electron chi connectivity index (χ1n) is 10.9. The number of allylic oxidation sites excluding steroid dienone is 1. The van der Waals surface area contributed by atoms with E-state index < -0.39 is 5.97 Å². The molecule has 2 aromatic carbocycles. The number of hydrogen-bond acceptors (Lipinski definition) is 5. The van der Waals surface area contributed by atoms with Crippen LogP contribution in [0.15, 0.2) is 79.1 Å². The molecule has 2 N–H and O–H groups in total. The van der Waals surface area contributed by atoms with Gasteiger partial charge in [-0.2, -0.15) is 0 Å². The van der Waals surface area contributed by atoms with Crippen molar-refractivity contribution < 1.29 is 19.5 Å². The summed E-state index contributed by atoms with van der Waals surface area (Å²) in [5.74, 6) is -0.337. The first kappa shape index (κ1) is 22.3. The highest BCUT2D eigenvalue weighted by atomic mass is 16.6. The average molecular weight is 443 g/mol. The van der Waals surface area contributed by atoms with Crippen molar-refractivity contribution in [1.82, 2.24) is 10.5 Å². The molecule has 168 valence electrons. The van der Waals surface area contributed by atoms with Crippen molar-refractivity contribution in [3.63, 3.8) is 0 Å². The Labute approximate surface area is 193 Å². The lowest BCUT2D eigenvalue weighted by atomic mass is 9.86. The summed E-state index contributed by atoms with van der Waals surface area (Å²) in [5.41, 5.74) is 9.22. The molecule has 0 fully saturated rings. The van der Waals surface area contributed by atoms with Crippen molar-refractivity contribution in [3.8, 4) is 5.75 Å². The molecule has 6 heteroatoms. The van der Waals surface area contributed by atoms with Crippen molar-refractivity contribution in [1.29, 1.82) is 0 Å². The lowest BCUT2D eigenvalue weighted by Crippen LogP contribution is -2.14. The van der Waals surface area contributed by atoms with Crippen LogP contribution in [0.4, 0.5) is 0 Å². The summed E-state index contributed by atoms with van der Waals surface area (Å²) in [6, 6.07) is 19.7. The lowest BCUT2D eigenvalue weighted by molar-refractivity contribution is -0.139. The maximum absolute atomic E-state index is 10.9. The van der Waals surface area contributed by atoms with Gasteiger partial charge in [-0.3, -0.25) is 15.3 Å². The second kappa shape index (κ2) is 11.1. The van der Waals surface area contributed by atoms with Gasteiger partial charge in [-0.25, -0.2) is 4.79 Å². The number of hydrogen-bond donors (Lipinski definition) is 2. The van der Waals surface area contributed by atoms with Crippen molar-refractivity contribution in [2.75, 3.05) is 13.2 Å². The van der Waals surface area contributed by atoms with Crippen LogP contribution in [0.5, 0.6) is 5.75 Å². The Hall–Kier alpha value is -3.90. The van der Waals surface area contributed by atoms with Crippen LogP contribution in [-0.4, -0.2) is 29.3 Å². The van der Waals surface area contributed by atoms with Crippen molar-refractivity contribution in [2.24, 2.45) is 0 Å². The van der Waals surface area contributed by atoms with Crippen LogP contribution in [0.3, 0.4) is 0 Å². The molecule has 0 saturated carbocycles. The monoisotopic (exact) mass is 442 g/mol. The molecule has 0 amide bonds. The second-order valence-corrected chi connectivity index (χ2v) is 7.67. The predicted molar refractivity (Wildman–Crippen MR) is 128 cm³/mol. The number of carboxylic acids is 1. The number of pyridine rings is 1. The molecule has 0 bridgehead atoms. The van der Waals surface area contributed by atoms with Gasteiger partial charge < -0.3 is 9.84 Å². The summed E-state index contributed by atoms with van der Waals surface area (Å²) in [5, 5.41) is 8.93. The number of nitrogens with zero attached hydrogens (tertiary/aromatic N) is 1. The van der Waals surface area contributed by atoms with Crippen LogP contribution in [0, 0.1) is 0 Å². The summed E-state index contributed by atoms with van der Waals surface area (Å²) in [4.78, 5) is 20.9. The summed E-state index contributed by atoms with van der Waals surface area (Å²) in [7, 11) is 0. The molecular formula is C27H26N2O4. The summed E-state index contributed by atoms with van der Waals surface area (Å²) in [6.07, 6.45) is 10.4. The molecule has 1 heterocycles. The third-order valence-corrected chi connectivity index (χ3v) is 5.38. The fourth-order valence-electron chi connectivity index (χ4n) is 3.87. The zero-order valence-corrected chi connectivity index (χ0v) is 18.2. The number of benzene rings is 2. The maximum Gasteiger partial charge on any atom is 0.341 e. The van der Waals surface area contributed by atoms with Gasteiger partial charge in [0.2, 0.25) is 0 Å². The first-order valence-corrected chi connectivity index (χ1v) is 10.9. The van der Waals surface area contributed by atoms with E-state index >= 15 is 0 Å². The van der Waals surface area contributed by atoms with Crippen molar-refractivity contribution in [2.45, 2.75) is 19.3 Å². The summed E-state index contributed by atoms with van der Waals surface area (Å²) >= 11 is 0. The summed E-state index contributed by atoms with van der Waals surface area (Å²) < 4.78 is 5.49. The van der Waals surface area contributed by atoms with E-state index in [0.29, 0.717) is 12.4 Å². The van der Waals surface area contributed by atoms with Crippen molar-refractivity contribution >= 4 is 23.3 Å². The van der Waals surface area contributed by atoms with Gasteiger partial charge in [-0.15, -0.1) is 0 Å². The van der Waals surface area contributed by atoms with Crippen LogP contribution in [0.25, 0.3) is 17.3 Å². The number of aromatic nitrogens is 1. The highest BCUT2D eigenvalue weighted by Crippen LogP contribution is 2.36. The highest BCUT2D eigenvalue weighted by Gasteiger charge is 2.18. The van der Waals surface area contributed by atoms with Gasteiger partial charge in [0.05, 0.1) is 12.3 Å². The van der Waals surface area contributed by atoms with Gasteiger partial charge in [0.1, 0.15) is 5.75 Å². The normalized spacial score (nSPS) is 14.5. The SMILES string of the molecule is O=C(O)COc1cccc2c1CCCC2=CCONC(=Cc1ccccc1)c1cccnc1. The third kappa shape index (κ3) is 6.08. The average Bonchev–Trinajstić information content (AvgIpc) is 2.85. The van der Waals surface area contributed by atoms with E-state index in [1.54, 1.807) is 12.4 Å². The smallest absolute Gasteiger partial charge is 0.341 e. The quantitative estimate of drug-likeness (QED) is 0.359. The number of hydroxylamine groups is 1. The van der Waals surface area contributed by atoms with E-state index in [9.17, 15) is 4.79 Å². The fraction of sp³-hybridized carbons (Fsp3) is 0.185. The second-order valence-electron chi connectivity index (χ2n) is 7.67. The van der Waals surface area contributed by atoms with E-state index in [1.807, 2.05) is 60.7 Å². The molecule has 1 aliphatic rings. The zero-order chi connectivity index (χ0) is 22.9. The number of fused-ring (bicyclic) bond motifs is 1. The van der Waals surface area contributed by atoms with Crippen LogP contribution < -0.4 is 10.2 Å². The Balaban J connectivity index is 1.46. The number of nitrogens with one attached hydrogen (secondary N) is 1. The van der Waals surface area contributed by atoms with E-state index in [0.717, 1.165) is 47.2 Å². The van der Waals surface area contributed by atoms with Gasteiger partial charge in [0.25, 0.3) is 0 Å². The number of ether oxygens (including phenoxy) is 1. The van der Waals surface area contributed by atoms with Gasteiger partial charge in [0.15, 0.2) is 6.61 Å². The molecule has 0 spiro atoms. The van der Waals surface area contributed by atoms with Gasteiger partial charge in [0, 0.05) is 23.5 Å². The highest BCUT2D eigenvalue weighted by molar-refractivity contribution is 5.79. The molecule has 0 atom stereocenters. The fourth-order valence-corrected chi connectivity index (χ4v) is 3.87. The molecule has 0 saturated heterocycles. The molecule has 0 unspecified atom stereocenters. The van der Waals surface area contributed by atoms with E-state index in [1.165, 1.54) is 5.57 Å². The van der Waals surface area contributed by atoms with Crippen LogP contribution in [0.1, 0.15) is 35.1 Å². The molecular weight excluding hydrogens is 416 g/mol. The molecule has 33 heavy (non-hydrogen) atoms. The molecule has 0 radical (unpaired) electrons. The Morgan fingerprint density at radius 2 is 1.94 bits per heavy atom. The standard InChI is InChI=1S/C27H26N2O4/c30-27(31)19-32-26-13-5-11-23-21(9-4-12-24(23)26)14-16-33-29-25(22-10-6-15-28-18-22)17-20-7-2-1-3-8-20/h1-3,5-8,10-11,13-15,17-18,29H,4,9,12,16,19H2,(H,30,31). The minimum Gasteiger partial charge on any atom is -0.482 e. The predicted octanol–water partition coefficient (Wildman–Crippen LogP) is 4.98. The molecule has 3 aromatic rings. The Morgan fingerprint density at radius 3 is 2.73 bits per heavy atom. The number of carboxylic acid groups (broad SMARTS) is 1. The molecule has 1 aliphatic carbocycles. The Kier molecular flexibility index (Phi) is 7.51. The van der Waals surface area contributed by atoms with E-state index in [2.05, 4.69) is 22.6 Å². The number of carbonyl (C=O) groups is 1. The van der Waals surface area contributed by atoms with Gasteiger partial charge >= 0.3 is 5.97 Å². The summed E-state index contributed by atoms with van der Waals surface area (Å²) in [6.45, 7) is 0.0365. The number of rotatable bonds is 9. The maximum atomic E-state index is 10.9. The number of aliphatic carboxylic acids is 1. The van der Waals surface area contributed by atoms with Crippen LogP contribution >= 0.6 is 0 Å². The molecule has 1 aromatic heterocycles. The molecule has 6 nitrogen and oxygen atoms in total. The van der Waals surface area contributed by atoms with Gasteiger partial charge in [-0.05, 0) is 60.2 Å². The molecule has 4 rings (SSSR count). The zero-order valence-electron chi connectivity index (χ0n) is 18.2. The topological polar surface area (TPSA) is 80.7 Å². The largest absolute Gasteiger partial charge is 0.482 e. The van der Waals surface area contributed by atoms with Gasteiger partial charge in [-0.1, -0.05) is 48.5 Å². The Bertz CT molecular complexity index is 1140. The third-order valence-electron chi connectivity index (χ3n) is 5.38. The Morgan fingerprint density at radius 1 is 1.06 bits per heavy atom. The lowest BCUT2D eigenvalue weighted by Gasteiger charge is -2.22. The van der Waals surface area contributed by atoms with E-state index in [4.69, 9.17) is 14.7 Å².